The lowest BCUT2D eigenvalue weighted by Gasteiger charge is -2.24. The average Bonchev–Trinajstić information content (AvgIpc) is 2.73. The van der Waals surface area contributed by atoms with Crippen molar-refractivity contribution in [2.45, 2.75) is 44.9 Å². The second-order valence-corrected chi connectivity index (χ2v) is 5.51. The quantitative estimate of drug-likeness (QED) is 0.549. The smallest absolute Gasteiger partial charge is 0.321 e. The lowest BCUT2D eigenvalue weighted by molar-refractivity contribution is -0.164. The molecule has 16 heavy (non-hydrogen) atoms. The van der Waals surface area contributed by atoms with E-state index in [0.29, 0.717) is 6.42 Å². The Morgan fingerprint density at radius 2 is 2.00 bits per heavy atom. The first-order chi connectivity index (χ1) is 7.29. The number of carboxylic acid groups (broad SMARTS) is 1. The van der Waals surface area contributed by atoms with Crippen molar-refractivity contribution in [3.63, 3.8) is 0 Å². The van der Waals surface area contributed by atoms with Gasteiger partial charge in [-0.15, -0.1) is 0 Å². The number of carbonyl (C=O) groups excluding carboxylic acids is 1. The summed E-state index contributed by atoms with van der Waals surface area (Å²) < 4.78 is 5.24. The standard InChI is InChI=1S/C11H17NO4/c1-11(2,3)16-10(15)7-4-6-5-12(6)8(7)9(13)14/h6-8H,4-5H2,1-3H3,(H,13,14)/t6-,7?,8+,12?/m1/s1. The van der Waals surface area contributed by atoms with Crippen LogP contribution in [0.5, 0.6) is 0 Å². The molecule has 0 bridgehead atoms. The summed E-state index contributed by atoms with van der Waals surface area (Å²) >= 11 is 0. The molecule has 5 heteroatoms. The summed E-state index contributed by atoms with van der Waals surface area (Å²) in [5, 5.41) is 9.08. The fraction of sp³-hybridized carbons (Fsp3) is 0.818. The van der Waals surface area contributed by atoms with Gasteiger partial charge in [0.1, 0.15) is 11.6 Å². The summed E-state index contributed by atoms with van der Waals surface area (Å²) in [6.45, 7) is 6.17. The third-order valence-electron chi connectivity index (χ3n) is 2.98. The fourth-order valence-electron chi connectivity index (χ4n) is 2.32. The van der Waals surface area contributed by atoms with Gasteiger partial charge in [-0.2, -0.15) is 0 Å². The number of aliphatic carboxylic acids is 1. The van der Waals surface area contributed by atoms with E-state index in [1.54, 1.807) is 20.8 Å². The van der Waals surface area contributed by atoms with Crippen molar-refractivity contribution < 1.29 is 19.4 Å². The van der Waals surface area contributed by atoms with E-state index < -0.39 is 23.5 Å². The lowest BCUT2D eigenvalue weighted by Crippen LogP contribution is -2.40. The molecule has 4 atom stereocenters. The zero-order valence-corrected chi connectivity index (χ0v) is 9.77. The molecule has 90 valence electrons. The van der Waals surface area contributed by atoms with E-state index in [9.17, 15) is 9.59 Å². The molecule has 0 aliphatic carbocycles. The van der Waals surface area contributed by atoms with Gasteiger partial charge in [-0.05, 0) is 27.2 Å². The minimum Gasteiger partial charge on any atom is -0.480 e. The minimum absolute atomic E-state index is 0.276. The predicted molar refractivity (Wildman–Crippen MR) is 55.9 cm³/mol. The van der Waals surface area contributed by atoms with Gasteiger partial charge in [0.15, 0.2) is 0 Å². The van der Waals surface area contributed by atoms with Crippen LogP contribution in [0.3, 0.4) is 0 Å². The number of hydrogen-bond donors (Lipinski definition) is 1. The van der Waals surface area contributed by atoms with Crippen molar-refractivity contribution >= 4 is 11.9 Å². The number of rotatable bonds is 2. The van der Waals surface area contributed by atoms with Gasteiger partial charge < -0.3 is 9.84 Å². The van der Waals surface area contributed by atoms with E-state index in [0.717, 1.165) is 6.54 Å². The van der Waals surface area contributed by atoms with Gasteiger partial charge >= 0.3 is 11.9 Å². The highest BCUT2D eigenvalue weighted by Gasteiger charge is 2.57. The van der Waals surface area contributed by atoms with Crippen LogP contribution in [0.25, 0.3) is 0 Å². The van der Waals surface area contributed by atoms with Crippen LogP contribution in [-0.2, 0) is 14.3 Å². The van der Waals surface area contributed by atoms with Gasteiger partial charge in [0.2, 0.25) is 0 Å². The number of carboxylic acids is 1. The highest BCUT2D eigenvalue weighted by molar-refractivity contribution is 5.85. The van der Waals surface area contributed by atoms with E-state index in [1.807, 2.05) is 4.90 Å². The molecule has 2 saturated heterocycles. The minimum atomic E-state index is -0.921. The van der Waals surface area contributed by atoms with Gasteiger partial charge in [0, 0.05) is 12.6 Å². The Kier molecular flexibility index (Phi) is 2.45. The van der Waals surface area contributed by atoms with Crippen LogP contribution in [0.4, 0.5) is 0 Å². The molecule has 2 aliphatic heterocycles. The third-order valence-corrected chi connectivity index (χ3v) is 2.98. The number of ether oxygens (including phenoxy) is 1. The Bertz CT molecular complexity index is 333. The number of fused-ring (bicyclic) bond motifs is 1. The fourth-order valence-corrected chi connectivity index (χ4v) is 2.32. The Balaban J connectivity index is 2.04. The molecule has 5 nitrogen and oxygen atoms in total. The van der Waals surface area contributed by atoms with Crippen LogP contribution in [0.15, 0.2) is 0 Å². The number of nitrogens with zero attached hydrogens (tertiary/aromatic N) is 1. The monoisotopic (exact) mass is 227 g/mol. The largest absolute Gasteiger partial charge is 0.480 e. The topological polar surface area (TPSA) is 66.6 Å². The molecule has 2 aliphatic rings. The molecule has 0 aromatic rings. The van der Waals surface area contributed by atoms with Gasteiger partial charge in [-0.25, -0.2) is 0 Å². The molecule has 0 aromatic heterocycles. The summed E-state index contributed by atoms with van der Waals surface area (Å²) in [7, 11) is 0. The normalized spacial score (nSPS) is 36.7. The molecule has 1 N–H and O–H groups in total. The van der Waals surface area contributed by atoms with Crippen molar-refractivity contribution in [1.82, 2.24) is 4.90 Å². The van der Waals surface area contributed by atoms with Crippen LogP contribution >= 0.6 is 0 Å². The SMILES string of the molecule is CC(C)(C)OC(=O)C1C[C@@H]2CN2[C@@H]1C(=O)O. The first-order valence-electron chi connectivity index (χ1n) is 5.51. The predicted octanol–water partition coefficient (Wildman–Crippen LogP) is 0.485. The Hall–Kier alpha value is -1.10. The van der Waals surface area contributed by atoms with Gasteiger partial charge in [-0.3, -0.25) is 14.5 Å². The number of piperidine rings is 1. The highest BCUT2D eigenvalue weighted by atomic mass is 16.6. The van der Waals surface area contributed by atoms with Crippen molar-refractivity contribution in [3.05, 3.63) is 0 Å². The number of esters is 1. The number of carbonyl (C=O) groups is 2. The van der Waals surface area contributed by atoms with Crippen molar-refractivity contribution in [1.29, 1.82) is 0 Å². The van der Waals surface area contributed by atoms with E-state index in [1.165, 1.54) is 0 Å². The Morgan fingerprint density at radius 1 is 1.38 bits per heavy atom. The molecule has 2 fully saturated rings. The second-order valence-electron chi connectivity index (χ2n) is 5.51. The number of hydrogen-bond acceptors (Lipinski definition) is 4. The second kappa shape index (κ2) is 3.45. The molecular formula is C11H17NO4. The maximum Gasteiger partial charge on any atom is 0.321 e. The molecule has 0 amide bonds. The summed E-state index contributed by atoms with van der Waals surface area (Å²) in [5.41, 5.74) is -0.553. The molecule has 0 aromatic carbocycles. The average molecular weight is 227 g/mol. The first-order valence-corrected chi connectivity index (χ1v) is 5.51. The van der Waals surface area contributed by atoms with Gasteiger partial charge in [-0.1, -0.05) is 0 Å². The van der Waals surface area contributed by atoms with Gasteiger partial charge in [0.25, 0.3) is 0 Å². The maximum atomic E-state index is 11.8. The molecular weight excluding hydrogens is 210 g/mol. The summed E-state index contributed by atoms with van der Waals surface area (Å²) in [6.07, 6.45) is 0.617. The van der Waals surface area contributed by atoms with Crippen LogP contribution in [0, 0.1) is 5.92 Å². The highest BCUT2D eigenvalue weighted by Crippen LogP contribution is 2.41. The van der Waals surface area contributed by atoms with E-state index >= 15 is 0 Å². The molecule has 2 heterocycles. The summed E-state index contributed by atoms with van der Waals surface area (Å²) in [5.74, 6) is -1.81. The molecule has 2 rings (SSSR count). The first kappa shape index (κ1) is 11.4. The van der Waals surface area contributed by atoms with E-state index in [4.69, 9.17) is 9.84 Å². The van der Waals surface area contributed by atoms with Crippen LogP contribution in [0.1, 0.15) is 27.2 Å². The third kappa shape index (κ3) is 2.04. The molecule has 2 unspecified atom stereocenters. The van der Waals surface area contributed by atoms with Crippen LogP contribution < -0.4 is 0 Å². The Labute approximate surface area is 94.4 Å². The zero-order valence-electron chi connectivity index (χ0n) is 9.77. The van der Waals surface area contributed by atoms with Crippen LogP contribution in [0.2, 0.25) is 0 Å². The van der Waals surface area contributed by atoms with Crippen molar-refractivity contribution in [3.8, 4) is 0 Å². The van der Waals surface area contributed by atoms with Crippen LogP contribution in [-0.4, -0.2) is 46.2 Å². The Morgan fingerprint density at radius 3 is 2.50 bits per heavy atom. The molecule has 0 spiro atoms. The zero-order chi connectivity index (χ0) is 12.1. The molecule has 0 saturated carbocycles. The van der Waals surface area contributed by atoms with Crippen molar-refractivity contribution in [2.24, 2.45) is 5.92 Å². The van der Waals surface area contributed by atoms with Crippen molar-refractivity contribution in [2.75, 3.05) is 6.54 Å². The summed E-state index contributed by atoms with van der Waals surface area (Å²) in [4.78, 5) is 24.7. The maximum absolute atomic E-state index is 11.8. The van der Waals surface area contributed by atoms with E-state index in [2.05, 4.69) is 0 Å². The van der Waals surface area contributed by atoms with Gasteiger partial charge in [0.05, 0.1) is 5.92 Å². The summed E-state index contributed by atoms with van der Waals surface area (Å²) in [6, 6.07) is -0.404. The lowest BCUT2D eigenvalue weighted by atomic mass is 9.97. The molecule has 0 radical (unpaired) electrons. The van der Waals surface area contributed by atoms with E-state index in [-0.39, 0.29) is 12.0 Å².